The van der Waals surface area contributed by atoms with Crippen molar-refractivity contribution in [3.8, 4) is 0 Å². The van der Waals surface area contributed by atoms with Gasteiger partial charge in [0.15, 0.2) is 0 Å². The predicted octanol–water partition coefficient (Wildman–Crippen LogP) is 6.47. The SMILES string of the molecule is c1cc2[nH]c3ccc4c5ccccc5n5c6ccccc6c(c1)c2c3c45. The summed E-state index contributed by atoms with van der Waals surface area (Å²) in [5, 5.41) is 7.90. The topological polar surface area (TPSA) is 20.2 Å². The van der Waals surface area contributed by atoms with Crippen molar-refractivity contribution in [2.45, 2.75) is 0 Å². The first-order valence-electron chi connectivity index (χ1n) is 8.98. The van der Waals surface area contributed by atoms with E-state index in [4.69, 9.17) is 0 Å². The first-order chi connectivity index (χ1) is 12.9. The summed E-state index contributed by atoms with van der Waals surface area (Å²) in [5.41, 5.74) is 6.25. The van der Waals surface area contributed by atoms with Crippen LogP contribution >= 0.6 is 0 Å². The van der Waals surface area contributed by atoms with Crippen LogP contribution in [-0.4, -0.2) is 9.38 Å². The van der Waals surface area contributed by atoms with Crippen molar-refractivity contribution in [3.05, 3.63) is 78.9 Å². The number of nitrogens with zero attached hydrogens (tertiary/aromatic N) is 1. The molecule has 0 spiro atoms. The molecule has 4 aromatic carbocycles. The van der Waals surface area contributed by atoms with Gasteiger partial charge >= 0.3 is 0 Å². The molecule has 3 heterocycles. The Kier molecular flexibility index (Phi) is 2.05. The van der Waals surface area contributed by atoms with E-state index in [9.17, 15) is 0 Å². The van der Waals surface area contributed by atoms with Crippen LogP contribution in [-0.2, 0) is 0 Å². The molecule has 0 fully saturated rings. The Bertz CT molecular complexity index is 1610. The van der Waals surface area contributed by atoms with Crippen LogP contribution in [0.2, 0.25) is 0 Å². The van der Waals surface area contributed by atoms with Gasteiger partial charge in [-0.25, -0.2) is 0 Å². The predicted molar refractivity (Wildman–Crippen MR) is 110 cm³/mol. The lowest BCUT2D eigenvalue weighted by Crippen LogP contribution is -1.84. The van der Waals surface area contributed by atoms with Gasteiger partial charge in [-0.05, 0) is 29.7 Å². The summed E-state index contributed by atoms with van der Waals surface area (Å²) >= 11 is 0. The molecule has 0 unspecified atom stereocenters. The molecule has 7 aromatic rings. The van der Waals surface area contributed by atoms with Gasteiger partial charge in [0.05, 0.1) is 16.6 Å². The van der Waals surface area contributed by atoms with E-state index in [0.717, 1.165) is 0 Å². The normalized spacial score (nSPS) is 12.6. The van der Waals surface area contributed by atoms with E-state index in [2.05, 4.69) is 88.2 Å². The van der Waals surface area contributed by atoms with Crippen molar-refractivity contribution in [2.24, 2.45) is 0 Å². The average molecular weight is 330 g/mol. The number of H-pyrrole nitrogens is 1. The zero-order valence-electron chi connectivity index (χ0n) is 14.0. The van der Waals surface area contributed by atoms with Crippen LogP contribution in [0.5, 0.6) is 0 Å². The van der Waals surface area contributed by atoms with E-state index in [1.54, 1.807) is 0 Å². The molecule has 2 heteroatoms. The van der Waals surface area contributed by atoms with Gasteiger partial charge in [0.2, 0.25) is 0 Å². The lowest BCUT2D eigenvalue weighted by atomic mass is 10.0. The zero-order valence-corrected chi connectivity index (χ0v) is 14.0. The number of aromatic nitrogens is 2. The molecular weight excluding hydrogens is 316 g/mol. The first kappa shape index (κ1) is 12.8. The Morgan fingerprint density at radius 3 is 1.96 bits per heavy atom. The van der Waals surface area contributed by atoms with Crippen LogP contribution in [0.1, 0.15) is 0 Å². The van der Waals surface area contributed by atoms with E-state index in [0.29, 0.717) is 0 Å². The summed E-state index contributed by atoms with van der Waals surface area (Å²) in [4.78, 5) is 3.63. The highest BCUT2D eigenvalue weighted by atomic mass is 14.9. The van der Waals surface area contributed by atoms with E-state index in [1.165, 1.54) is 59.9 Å². The summed E-state index contributed by atoms with van der Waals surface area (Å²) in [6.45, 7) is 0. The van der Waals surface area contributed by atoms with E-state index in [-0.39, 0.29) is 0 Å². The lowest BCUT2D eigenvalue weighted by Gasteiger charge is -2.01. The van der Waals surface area contributed by atoms with Gasteiger partial charge in [0.1, 0.15) is 0 Å². The van der Waals surface area contributed by atoms with Crippen molar-refractivity contribution in [2.75, 3.05) is 0 Å². The molecule has 26 heavy (non-hydrogen) atoms. The van der Waals surface area contributed by atoms with Crippen LogP contribution in [0.15, 0.2) is 78.9 Å². The summed E-state index contributed by atoms with van der Waals surface area (Å²) < 4.78 is 2.45. The Morgan fingerprint density at radius 1 is 0.500 bits per heavy atom. The third-order valence-corrected chi connectivity index (χ3v) is 5.86. The van der Waals surface area contributed by atoms with Gasteiger partial charge in [-0.1, -0.05) is 54.6 Å². The fourth-order valence-corrected chi connectivity index (χ4v) is 4.86. The highest BCUT2D eigenvalue weighted by molar-refractivity contribution is 6.32. The van der Waals surface area contributed by atoms with Crippen LogP contribution in [0.3, 0.4) is 0 Å². The maximum absolute atomic E-state index is 3.63. The summed E-state index contributed by atoms with van der Waals surface area (Å²) in [6, 6.07) is 28.6. The number of hydrogen-bond acceptors (Lipinski definition) is 0. The van der Waals surface area contributed by atoms with Crippen LogP contribution in [0.4, 0.5) is 0 Å². The van der Waals surface area contributed by atoms with Crippen LogP contribution < -0.4 is 0 Å². The molecule has 0 radical (unpaired) electrons. The Labute approximate surface area is 148 Å². The molecule has 0 aliphatic carbocycles. The molecule has 0 bridgehead atoms. The third kappa shape index (κ3) is 1.29. The molecule has 1 N–H and O–H groups in total. The lowest BCUT2D eigenvalue weighted by molar-refractivity contribution is 1.36. The van der Waals surface area contributed by atoms with Gasteiger partial charge in [-0.15, -0.1) is 0 Å². The number of hydrogen-bond donors (Lipinski definition) is 1. The van der Waals surface area contributed by atoms with Crippen molar-refractivity contribution >= 4 is 59.9 Å². The highest BCUT2D eigenvalue weighted by Crippen LogP contribution is 2.42. The molecule has 0 aliphatic heterocycles. The van der Waals surface area contributed by atoms with Gasteiger partial charge in [-0.2, -0.15) is 0 Å². The van der Waals surface area contributed by atoms with Crippen molar-refractivity contribution in [3.63, 3.8) is 0 Å². The molecule has 0 amide bonds. The smallest absolute Gasteiger partial charge is 0.0641 e. The second kappa shape index (κ2) is 4.17. The van der Waals surface area contributed by atoms with Gasteiger partial charge in [-0.3, -0.25) is 0 Å². The Morgan fingerprint density at radius 2 is 1.15 bits per heavy atom. The third-order valence-electron chi connectivity index (χ3n) is 5.86. The van der Waals surface area contributed by atoms with Gasteiger partial charge in [0, 0.05) is 38.0 Å². The Hall–Kier alpha value is -3.52. The first-order valence-corrected chi connectivity index (χ1v) is 8.98. The summed E-state index contributed by atoms with van der Waals surface area (Å²) in [6.07, 6.45) is 0. The fourth-order valence-electron chi connectivity index (χ4n) is 4.86. The molecule has 7 rings (SSSR count). The minimum Gasteiger partial charge on any atom is -0.354 e. The van der Waals surface area contributed by atoms with E-state index in [1.807, 2.05) is 0 Å². The maximum atomic E-state index is 3.63. The monoisotopic (exact) mass is 330 g/mol. The largest absolute Gasteiger partial charge is 0.354 e. The number of fused-ring (bicyclic) bond motifs is 6. The van der Waals surface area contributed by atoms with Crippen LogP contribution in [0.25, 0.3) is 59.9 Å². The number of aromatic amines is 1. The number of benzene rings is 4. The quantitative estimate of drug-likeness (QED) is 0.329. The summed E-state index contributed by atoms with van der Waals surface area (Å²) in [5.74, 6) is 0. The number of nitrogens with one attached hydrogen (secondary N) is 1. The minimum absolute atomic E-state index is 1.21. The molecule has 2 nitrogen and oxygen atoms in total. The molecule has 0 atom stereocenters. The van der Waals surface area contributed by atoms with E-state index >= 15 is 0 Å². The van der Waals surface area contributed by atoms with Crippen LogP contribution in [0, 0.1) is 0 Å². The number of para-hydroxylation sites is 2. The molecule has 0 saturated heterocycles. The minimum atomic E-state index is 1.21. The molecule has 0 saturated carbocycles. The maximum Gasteiger partial charge on any atom is 0.0641 e. The molecule has 120 valence electrons. The zero-order chi connectivity index (χ0) is 16.8. The molecular formula is C24H14N2. The van der Waals surface area contributed by atoms with Gasteiger partial charge < -0.3 is 9.38 Å². The Balaban J connectivity index is 2.08. The fraction of sp³-hybridized carbons (Fsp3) is 0. The molecule has 0 aliphatic rings. The van der Waals surface area contributed by atoms with Crippen molar-refractivity contribution < 1.29 is 0 Å². The van der Waals surface area contributed by atoms with Crippen molar-refractivity contribution in [1.82, 2.24) is 9.38 Å². The molecule has 3 aromatic heterocycles. The van der Waals surface area contributed by atoms with E-state index < -0.39 is 0 Å². The average Bonchev–Trinajstić information content (AvgIpc) is 3.19. The number of rotatable bonds is 0. The second-order valence-electron chi connectivity index (χ2n) is 7.11. The highest BCUT2D eigenvalue weighted by Gasteiger charge is 2.19. The standard InChI is InChI=1S/C24H14N2/c1-3-10-20-14(6-1)16-8-5-9-18-22(16)23-19(25-18)13-12-17-15-7-2-4-11-21(15)26(20)24(17)23/h1-13,25H. The van der Waals surface area contributed by atoms with Crippen molar-refractivity contribution in [1.29, 1.82) is 0 Å². The summed E-state index contributed by atoms with van der Waals surface area (Å²) in [7, 11) is 0. The van der Waals surface area contributed by atoms with Gasteiger partial charge in [0.25, 0.3) is 0 Å². The second-order valence-corrected chi connectivity index (χ2v) is 7.11.